The summed E-state index contributed by atoms with van der Waals surface area (Å²) in [7, 11) is 0. The number of rotatable bonds is 4. The van der Waals surface area contributed by atoms with Crippen LogP contribution >= 0.6 is 0 Å². The third-order valence-electron chi connectivity index (χ3n) is 3.01. The summed E-state index contributed by atoms with van der Waals surface area (Å²) in [5, 5.41) is 5.54. The highest BCUT2D eigenvalue weighted by molar-refractivity contribution is 5.89. The van der Waals surface area contributed by atoms with E-state index in [4.69, 9.17) is 0 Å². The van der Waals surface area contributed by atoms with Gasteiger partial charge in [0, 0.05) is 12.0 Å². The molecule has 4 nitrogen and oxygen atoms in total. The van der Waals surface area contributed by atoms with Gasteiger partial charge in [-0.2, -0.15) is 0 Å². The molecule has 110 valence electrons. The first-order chi connectivity index (χ1) is 9.20. The summed E-state index contributed by atoms with van der Waals surface area (Å²) in [5.41, 5.74) is 1.73. The van der Waals surface area contributed by atoms with Gasteiger partial charge in [0.05, 0.1) is 0 Å². The fourth-order valence-electron chi connectivity index (χ4n) is 1.53. The lowest BCUT2D eigenvalue weighted by Gasteiger charge is -2.21. The van der Waals surface area contributed by atoms with E-state index in [-0.39, 0.29) is 11.8 Å². The van der Waals surface area contributed by atoms with Crippen molar-refractivity contribution in [3.63, 3.8) is 0 Å². The monoisotopic (exact) mass is 276 g/mol. The van der Waals surface area contributed by atoms with Gasteiger partial charge in [0.2, 0.25) is 11.8 Å². The molecule has 4 heteroatoms. The van der Waals surface area contributed by atoms with Crippen LogP contribution in [0.5, 0.6) is 0 Å². The summed E-state index contributed by atoms with van der Waals surface area (Å²) >= 11 is 0. The van der Waals surface area contributed by atoms with Gasteiger partial charge in [0.25, 0.3) is 0 Å². The molecule has 0 spiro atoms. The van der Waals surface area contributed by atoms with Gasteiger partial charge >= 0.3 is 0 Å². The first kappa shape index (κ1) is 16.2. The second-order valence-corrected chi connectivity index (χ2v) is 6.15. The normalized spacial score (nSPS) is 12.7. The fraction of sp³-hybridized carbons (Fsp3) is 0.500. The van der Waals surface area contributed by atoms with Gasteiger partial charge in [-0.3, -0.25) is 9.59 Å². The van der Waals surface area contributed by atoms with Crippen LogP contribution in [0, 0.1) is 12.3 Å². The van der Waals surface area contributed by atoms with E-state index < -0.39 is 11.5 Å². The topological polar surface area (TPSA) is 58.2 Å². The first-order valence-corrected chi connectivity index (χ1v) is 6.84. The van der Waals surface area contributed by atoms with E-state index in [1.807, 2.05) is 52.0 Å². The highest BCUT2D eigenvalue weighted by Gasteiger charge is 2.24. The Morgan fingerprint density at radius 3 is 2.20 bits per heavy atom. The highest BCUT2D eigenvalue weighted by atomic mass is 16.2. The molecule has 1 rings (SSSR count). The van der Waals surface area contributed by atoms with Crippen LogP contribution in [-0.4, -0.2) is 17.9 Å². The minimum absolute atomic E-state index is 0.129. The summed E-state index contributed by atoms with van der Waals surface area (Å²) in [5.74, 6) is -0.307. The van der Waals surface area contributed by atoms with Gasteiger partial charge in [-0.25, -0.2) is 0 Å². The average molecular weight is 276 g/mol. The maximum absolute atomic E-state index is 11.9. The molecule has 1 atom stereocenters. The molecule has 0 heterocycles. The van der Waals surface area contributed by atoms with Crippen LogP contribution in [0.1, 0.15) is 38.8 Å². The Hall–Kier alpha value is -1.84. The molecule has 2 amide bonds. The Balaban J connectivity index is 2.46. The number of aryl methyl sites for hydroxylation is 1. The summed E-state index contributed by atoms with van der Waals surface area (Å²) < 4.78 is 0. The van der Waals surface area contributed by atoms with Crippen molar-refractivity contribution in [2.75, 3.05) is 0 Å². The van der Waals surface area contributed by atoms with Crippen LogP contribution in [0.3, 0.4) is 0 Å². The molecule has 20 heavy (non-hydrogen) atoms. The molecule has 0 unspecified atom stereocenters. The van der Waals surface area contributed by atoms with Crippen LogP contribution in [0.25, 0.3) is 0 Å². The predicted molar refractivity (Wildman–Crippen MR) is 80.1 cm³/mol. The van der Waals surface area contributed by atoms with Gasteiger partial charge in [-0.1, -0.05) is 50.6 Å². The van der Waals surface area contributed by atoms with E-state index in [9.17, 15) is 9.59 Å². The van der Waals surface area contributed by atoms with Crippen molar-refractivity contribution < 1.29 is 9.59 Å². The van der Waals surface area contributed by atoms with Gasteiger partial charge in [-0.15, -0.1) is 0 Å². The molecule has 0 fully saturated rings. The quantitative estimate of drug-likeness (QED) is 0.885. The number of benzene rings is 1. The zero-order chi connectivity index (χ0) is 15.3. The zero-order valence-corrected chi connectivity index (χ0v) is 12.9. The van der Waals surface area contributed by atoms with E-state index in [1.54, 1.807) is 6.92 Å². The number of nitrogens with one attached hydrogen (secondary N) is 2. The minimum atomic E-state index is -0.535. The summed E-state index contributed by atoms with van der Waals surface area (Å²) in [4.78, 5) is 23.7. The Kier molecular flexibility index (Phi) is 5.31. The standard InChI is InChI=1S/C16H24N2O2/c1-11-6-8-13(9-7-11)10-17-14(19)12(2)18-15(20)16(3,4)5/h6-9,12H,10H2,1-5H3,(H,17,19)(H,18,20)/t12-/m1/s1. The van der Waals surface area contributed by atoms with Crippen LogP contribution in [0.2, 0.25) is 0 Å². The van der Waals surface area contributed by atoms with Crippen LogP contribution in [-0.2, 0) is 16.1 Å². The van der Waals surface area contributed by atoms with Gasteiger partial charge in [0.15, 0.2) is 0 Å². The second kappa shape index (κ2) is 6.55. The number of carbonyl (C=O) groups excluding carboxylic acids is 2. The molecular weight excluding hydrogens is 252 g/mol. The third-order valence-corrected chi connectivity index (χ3v) is 3.01. The maximum atomic E-state index is 11.9. The van der Waals surface area contributed by atoms with E-state index >= 15 is 0 Å². The molecule has 1 aromatic rings. The Morgan fingerprint density at radius 1 is 1.15 bits per heavy atom. The summed E-state index contributed by atoms with van der Waals surface area (Å²) in [6.07, 6.45) is 0. The first-order valence-electron chi connectivity index (χ1n) is 6.84. The lowest BCUT2D eigenvalue weighted by Crippen LogP contribution is -2.48. The number of amides is 2. The molecule has 0 aliphatic carbocycles. The minimum Gasteiger partial charge on any atom is -0.350 e. The van der Waals surface area contributed by atoms with Crippen LogP contribution in [0.15, 0.2) is 24.3 Å². The SMILES string of the molecule is Cc1ccc(CNC(=O)[C@@H](C)NC(=O)C(C)(C)C)cc1. The molecule has 0 aliphatic rings. The van der Waals surface area contributed by atoms with Crippen molar-refractivity contribution >= 4 is 11.8 Å². The summed E-state index contributed by atoms with van der Waals surface area (Å²) in [6, 6.07) is 7.44. The highest BCUT2D eigenvalue weighted by Crippen LogP contribution is 2.12. The largest absolute Gasteiger partial charge is 0.350 e. The molecule has 1 aromatic carbocycles. The van der Waals surface area contributed by atoms with Crippen molar-refractivity contribution in [2.24, 2.45) is 5.41 Å². The fourth-order valence-corrected chi connectivity index (χ4v) is 1.53. The second-order valence-electron chi connectivity index (χ2n) is 6.15. The van der Waals surface area contributed by atoms with E-state index in [2.05, 4.69) is 10.6 Å². The van der Waals surface area contributed by atoms with Crippen LogP contribution < -0.4 is 10.6 Å². The van der Waals surface area contributed by atoms with Crippen molar-refractivity contribution in [1.82, 2.24) is 10.6 Å². The number of hydrogen-bond donors (Lipinski definition) is 2. The predicted octanol–water partition coefficient (Wildman–Crippen LogP) is 2.16. The number of hydrogen-bond acceptors (Lipinski definition) is 2. The Bertz CT molecular complexity index is 472. The van der Waals surface area contributed by atoms with Crippen molar-refractivity contribution in [1.29, 1.82) is 0 Å². The smallest absolute Gasteiger partial charge is 0.242 e. The van der Waals surface area contributed by atoms with Gasteiger partial charge in [0.1, 0.15) is 6.04 Å². The van der Waals surface area contributed by atoms with Crippen molar-refractivity contribution in [2.45, 2.75) is 47.2 Å². The summed E-state index contributed by atoms with van der Waals surface area (Å²) in [6.45, 7) is 9.63. The van der Waals surface area contributed by atoms with E-state index in [0.717, 1.165) is 5.56 Å². The van der Waals surface area contributed by atoms with E-state index in [0.29, 0.717) is 6.54 Å². The lowest BCUT2D eigenvalue weighted by atomic mass is 9.95. The van der Waals surface area contributed by atoms with Gasteiger partial charge in [-0.05, 0) is 19.4 Å². The van der Waals surface area contributed by atoms with Crippen molar-refractivity contribution in [3.8, 4) is 0 Å². The third kappa shape index (κ3) is 5.03. The average Bonchev–Trinajstić information content (AvgIpc) is 2.36. The van der Waals surface area contributed by atoms with E-state index in [1.165, 1.54) is 5.56 Å². The Morgan fingerprint density at radius 2 is 1.70 bits per heavy atom. The molecule has 0 saturated carbocycles. The Labute approximate surface area is 121 Å². The molecule has 0 bridgehead atoms. The van der Waals surface area contributed by atoms with Crippen LogP contribution in [0.4, 0.5) is 0 Å². The molecule has 0 radical (unpaired) electrons. The van der Waals surface area contributed by atoms with Crippen molar-refractivity contribution in [3.05, 3.63) is 35.4 Å². The molecule has 2 N–H and O–H groups in total. The molecule has 0 aromatic heterocycles. The lowest BCUT2D eigenvalue weighted by molar-refractivity contribution is -0.133. The molecular formula is C16H24N2O2. The van der Waals surface area contributed by atoms with Gasteiger partial charge < -0.3 is 10.6 Å². The molecule has 0 aliphatic heterocycles. The zero-order valence-electron chi connectivity index (χ0n) is 12.9. The number of carbonyl (C=O) groups is 2. The maximum Gasteiger partial charge on any atom is 0.242 e. The molecule has 0 saturated heterocycles.